The van der Waals surface area contributed by atoms with E-state index in [2.05, 4.69) is 12.0 Å². The summed E-state index contributed by atoms with van der Waals surface area (Å²) in [6.45, 7) is 4.03. The van der Waals surface area contributed by atoms with Crippen molar-refractivity contribution in [3.05, 3.63) is 34.9 Å². The predicted molar refractivity (Wildman–Crippen MR) is 54.3 cm³/mol. The molecule has 1 unspecified atom stereocenters. The predicted octanol–water partition coefficient (Wildman–Crippen LogP) is 2.36. The van der Waals surface area contributed by atoms with E-state index in [0.717, 1.165) is 16.7 Å². The van der Waals surface area contributed by atoms with Gasteiger partial charge in [0.1, 0.15) is 0 Å². The first-order chi connectivity index (χ1) is 6.13. The Morgan fingerprint density at radius 1 is 1.31 bits per heavy atom. The van der Waals surface area contributed by atoms with Crippen LogP contribution in [0.25, 0.3) is 0 Å². The molecule has 1 nitrogen and oxygen atoms in total. The van der Waals surface area contributed by atoms with Crippen LogP contribution in [0.15, 0.2) is 18.2 Å². The molecule has 0 bridgehead atoms. The molecule has 0 aromatic heterocycles. The van der Waals surface area contributed by atoms with Crippen LogP contribution in [0.3, 0.4) is 0 Å². The summed E-state index contributed by atoms with van der Waals surface area (Å²) in [6.07, 6.45) is 4.99. The summed E-state index contributed by atoms with van der Waals surface area (Å²) in [5, 5.41) is 9.63. The van der Waals surface area contributed by atoms with Crippen molar-refractivity contribution in [2.75, 3.05) is 0 Å². The normalized spacial score (nSPS) is 12.2. The van der Waals surface area contributed by atoms with E-state index in [-0.39, 0.29) is 0 Å². The van der Waals surface area contributed by atoms with Crippen molar-refractivity contribution >= 4 is 0 Å². The molecular weight excluding hydrogens is 160 g/mol. The second-order valence-corrected chi connectivity index (χ2v) is 3.35. The van der Waals surface area contributed by atoms with Crippen LogP contribution in [0.5, 0.6) is 0 Å². The fourth-order valence-corrected chi connectivity index (χ4v) is 1.43. The van der Waals surface area contributed by atoms with Gasteiger partial charge in [0, 0.05) is 6.42 Å². The fourth-order valence-electron chi connectivity index (χ4n) is 1.43. The zero-order valence-electron chi connectivity index (χ0n) is 8.04. The van der Waals surface area contributed by atoms with Crippen LogP contribution in [0, 0.1) is 26.2 Å². The Morgan fingerprint density at radius 3 is 2.31 bits per heavy atom. The zero-order chi connectivity index (χ0) is 9.84. The average molecular weight is 174 g/mol. The van der Waals surface area contributed by atoms with Gasteiger partial charge in [-0.25, -0.2) is 0 Å². The Bertz CT molecular complexity index is 313. The quantitative estimate of drug-likeness (QED) is 0.682. The number of aliphatic hydroxyl groups is 1. The van der Waals surface area contributed by atoms with Crippen LogP contribution in [0.4, 0.5) is 0 Å². The van der Waals surface area contributed by atoms with E-state index in [1.807, 2.05) is 26.0 Å². The minimum Gasteiger partial charge on any atom is -0.387 e. The molecule has 0 spiro atoms. The van der Waals surface area contributed by atoms with Crippen molar-refractivity contribution < 1.29 is 5.11 Å². The maximum atomic E-state index is 9.63. The van der Waals surface area contributed by atoms with E-state index in [9.17, 15) is 5.11 Å². The first-order valence-corrected chi connectivity index (χ1v) is 4.33. The molecule has 1 rings (SSSR count). The Labute approximate surface area is 79.4 Å². The number of benzene rings is 1. The number of aliphatic hydroxyl groups excluding tert-OH is 1. The lowest BCUT2D eigenvalue weighted by atomic mass is 10.0. The van der Waals surface area contributed by atoms with Gasteiger partial charge < -0.3 is 5.11 Å². The van der Waals surface area contributed by atoms with Gasteiger partial charge in [-0.3, -0.25) is 0 Å². The van der Waals surface area contributed by atoms with E-state index >= 15 is 0 Å². The van der Waals surface area contributed by atoms with Crippen LogP contribution < -0.4 is 0 Å². The third-order valence-electron chi connectivity index (χ3n) is 1.94. The first-order valence-electron chi connectivity index (χ1n) is 4.33. The number of hydrogen-bond donors (Lipinski definition) is 1. The molecule has 0 saturated carbocycles. The van der Waals surface area contributed by atoms with Crippen LogP contribution in [0.2, 0.25) is 0 Å². The minimum absolute atomic E-state index is 0.378. The maximum absolute atomic E-state index is 9.63. The average Bonchev–Trinajstić information content (AvgIpc) is 2.03. The number of terminal acetylenes is 1. The molecule has 0 radical (unpaired) electrons. The third kappa shape index (κ3) is 2.61. The molecule has 0 amide bonds. The molecule has 0 aliphatic carbocycles. The van der Waals surface area contributed by atoms with Gasteiger partial charge in [0.2, 0.25) is 0 Å². The van der Waals surface area contributed by atoms with Gasteiger partial charge in [0.25, 0.3) is 0 Å². The lowest BCUT2D eigenvalue weighted by Gasteiger charge is -2.09. The third-order valence-corrected chi connectivity index (χ3v) is 1.94. The van der Waals surface area contributed by atoms with Gasteiger partial charge in [-0.1, -0.05) is 29.3 Å². The summed E-state index contributed by atoms with van der Waals surface area (Å²) >= 11 is 0. The Morgan fingerprint density at radius 2 is 1.85 bits per heavy atom. The van der Waals surface area contributed by atoms with Crippen LogP contribution in [-0.4, -0.2) is 5.11 Å². The summed E-state index contributed by atoms with van der Waals surface area (Å²) in [5.41, 5.74) is 3.23. The number of aryl methyl sites for hydroxylation is 2. The topological polar surface area (TPSA) is 20.2 Å². The van der Waals surface area contributed by atoms with Crippen molar-refractivity contribution in [2.45, 2.75) is 26.4 Å². The van der Waals surface area contributed by atoms with Crippen LogP contribution in [-0.2, 0) is 0 Å². The molecule has 0 aliphatic heterocycles. The molecule has 1 aromatic carbocycles. The smallest absolute Gasteiger partial charge is 0.0899 e. The molecule has 0 heterocycles. The molecule has 1 heteroatoms. The standard InChI is InChI=1S/C12H14O/c1-4-5-12(13)11-7-9(2)6-10(3)8-11/h1,6-8,12-13H,5H2,2-3H3. The number of hydrogen-bond acceptors (Lipinski definition) is 1. The van der Waals surface area contributed by atoms with Gasteiger partial charge in [0.15, 0.2) is 0 Å². The van der Waals surface area contributed by atoms with Gasteiger partial charge in [-0.15, -0.1) is 12.3 Å². The molecule has 1 aromatic rings. The van der Waals surface area contributed by atoms with Gasteiger partial charge in [0.05, 0.1) is 6.10 Å². The van der Waals surface area contributed by atoms with Gasteiger partial charge in [-0.05, 0) is 19.4 Å². The summed E-state index contributed by atoms with van der Waals surface area (Å²) in [4.78, 5) is 0. The molecule has 68 valence electrons. The molecule has 1 atom stereocenters. The van der Waals surface area contributed by atoms with E-state index in [1.165, 1.54) is 0 Å². The highest BCUT2D eigenvalue weighted by atomic mass is 16.3. The van der Waals surface area contributed by atoms with Crippen molar-refractivity contribution in [1.82, 2.24) is 0 Å². The lowest BCUT2D eigenvalue weighted by molar-refractivity contribution is 0.184. The number of rotatable bonds is 2. The molecule has 1 N–H and O–H groups in total. The molecule has 13 heavy (non-hydrogen) atoms. The minimum atomic E-state index is -0.524. The summed E-state index contributed by atoms with van der Waals surface area (Å²) in [5.74, 6) is 2.45. The van der Waals surface area contributed by atoms with Crippen molar-refractivity contribution in [1.29, 1.82) is 0 Å². The second-order valence-electron chi connectivity index (χ2n) is 3.35. The highest BCUT2D eigenvalue weighted by Crippen LogP contribution is 2.18. The van der Waals surface area contributed by atoms with Crippen LogP contribution >= 0.6 is 0 Å². The second kappa shape index (κ2) is 4.11. The van der Waals surface area contributed by atoms with Gasteiger partial charge in [-0.2, -0.15) is 0 Å². The molecule has 0 fully saturated rings. The summed E-state index contributed by atoms with van der Waals surface area (Å²) in [7, 11) is 0. The maximum Gasteiger partial charge on any atom is 0.0899 e. The largest absolute Gasteiger partial charge is 0.387 e. The Balaban J connectivity index is 2.95. The molecular formula is C12H14O. The molecule has 0 saturated heterocycles. The highest BCUT2D eigenvalue weighted by molar-refractivity contribution is 5.30. The first kappa shape index (κ1) is 9.83. The Hall–Kier alpha value is -1.26. The summed E-state index contributed by atoms with van der Waals surface area (Å²) in [6, 6.07) is 6.01. The van der Waals surface area contributed by atoms with E-state index < -0.39 is 6.10 Å². The van der Waals surface area contributed by atoms with Crippen molar-refractivity contribution in [3.63, 3.8) is 0 Å². The SMILES string of the molecule is C#CCC(O)c1cc(C)cc(C)c1. The van der Waals surface area contributed by atoms with E-state index in [1.54, 1.807) is 0 Å². The molecule has 0 aliphatic rings. The van der Waals surface area contributed by atoms with E-state index in [4.69, 9.17) is 6.42 Å². The van der Waals surface area contributed by atoms with Crippen molar-refractivity contribution in [2.24, 2.45) is 0 Å². The lowest BCUT2D eigenvalue weighted by Crippen LogP contribution is -1.97. The summed E-state index contributed by atoms with van der Waals surface area (Å²) < 4.78 is 0. The van der Waals surface area contributed by atoms with Gasteiger partial charge >= 0.3 is 0 Å². The Kier molecular flexibility index (Phi) is 3.11. The van der Waals surface area contributed by atoms with E-state index in [0.29, 0.717) is 6.42 Å². The van der Waals surface area contributed by atoms with Crippen LogP contribution in [0.1, 0.15) is 29.2 Å². The monoisotopic (exact) mass is 174 g/mol. The zero-order valence-corrected chi connectivity index (χ0v) is 8.04. The van der Waals surface area contributed by atoms with Crippen molar-refractivity contribution in [3.8, 4) is 12.3 Å². The highest BCUT2D eigenvalue weighted by Gasteiger charge is 2.05. The fraction of sp³-hybridized carbons (Fsp3) is 0.333.